The molecule has 2 atom stereocenters. The minimum atomic E-state index is -4.37. The Bertz CT molecular complexity index is 1320. The van der Waals surface area contributed by atoms with Crippen LogP contribution in [0.4, 0.5) is 11.6 Å². The van der Waals surface area contributed by atoms with Crippen molar-refractivity contribution in [2.24, 2.45) is 5.92 Å². The molecule has 40 heavy (non-hydrogen) atoms. The number of pyridine rings is 2. The zero-order valence-electron chi connectivity index (χ0n) is 24.7. The van der Waals surface area contributed by atoms with Crippen molar-refractivity contribution in [2.75, 3.05) is 17.7 Å². The summed E-state index contributed by atoms with van der Waals surface area (Å²) in [4.78, 5) is 24.4. The Morgan fingerprint density at radius 2 is 1.77 bits per heavy atom. The first-order valence-corrected chi connectivity index (χ1v) is 15.4. The lowest BCUT2D eigenvalue weighted by atomic mass is 9.82. The second-order valence-corrected chi connectivity index (χ2v) is 14.1. The number of aromatic nitrogens is 2. The van der Waals surface area contributed by atoms with Gasteiger partial charge in [-0.05, 0) is 57.2 Å². The first-order chi connectivity index (χ1) is 18.5. The number of anilines is 2. The number of rotatable bonds is 10. The average molecular weight is 576 g/mol. The van der Waals surface area contributed by atoms with E-state index >= 15 is 0 Å². The molecule has 0 bridgehead atoms. The summed E-state index contributed by atoms with van der Waals surface area (Å²) < 4.78 is 28.3. The molecule has 222 valence electrons. The molecule has 2 aromatic heterocycles. The van der Waals surface area contributed by atoms with Crippen LogP contribution in [0.5, 0.6) is 0 Å². The van der Waals surface area contributed by atoms with Crippen LogP contribution in [0, 0.1) is 5.92 Å². The van der Waals surface area contributed by atoms with Crippen molar-refractivity contribution >= 4 is 27.6 Å². The molecular formula is C29H45N5O5S. The van der Waals surface area contributed by atoms with Crippen LogP contribution in [0.3, 0.4) is 0 Å². The van der Waals surface area contributed by atoms with E-state index in [1.807, 2.05) is 46.6 Å². The van der Waals surface area contributed by atoms with E-state index in [2.05, 4.69) is 16.6 Å². The van der Waals surface area contributed by atoms with Gasteiger partial charge in [0.1, 0.15) is 17.7 Å². The van der Waals surface area contributed by atoms with Gasteiger partial charge in [0.05, 0.1) is 17.4 Å². The molecule has 1 aliphatic rings. The van der Waals surface area contributed by atoms with Crippen LogP contribution in [0.1, 0.15) is 108 Å². The minimum Gasteiger partial charge on any atom is -0.390 e. The van der Waals surface area contributed by atoms with E-state index < -0.39 is 44.1 Å². The number of hydrogen-bond acceptors (Lipinski definition) is 9. The molecule has 1 fully saturated rings. The average Bonchev–Trinajstić information content (AvgIpc) is 3.41. The highest BCUT2D eigenvalue weighted by molar-refractivity contribution is 7.90. The molecule has 1 aliphatic carbocycles. The third-order valence-electron chi connectivity index (χ3n) is 7.85. The van der Waals surface area contributed by atoms with Crippen molar-refractivity contribution < 1.29 is 23.4 Å². The number of amides is 1. The topological polar surface area (TPSA) is 159 Å². The van der Waals surface area contributed by atoms with Gasteiger partial charge in [0.15, 0.2) is 5.03 Å². The molecule has 2 aromatic rings. The van der Waals surface area contributed by atoms with Crippen LogP contribution in [0.25, 0.3) is 0 Å². The number of nitrogen functional groups attached to an aromatic ring is 1. The number of nitrogens with one attached hydrogen (secondary N) is 1. The van der Waals surface area contributed by atoms with Gasteiger partial charge in [-0.25, -0.2) is 14.7 Å². The van der Waals surface area contributed by atoms with Crippen molar-refractivity contribution in [3.63, 3.8) is 0 Å². The Hall–Kier alpha value is -2.76. The van der Waals surface area contributed by atoms with E-state index in [-0.39, 0.29) is 23.1 Å². The Balaban J connectivity index is 2.20. The number of carbonyl (C=O) groups is 1. The molecular weight excluding hydrogens is 530 g/mol. The lowest BCUT2D eigenvalue weighted by Crippen LogP contribution is -2.44. The van der Waals surface area contributed by atoms with E-state index in [0.717, 1.165) is 38.5 Å². The van der Waals surface area contributed by atoms with Gasteiger partial charge in [-0.1, -0.05) is 53.0 Å². The summed E-state index contributed by atoms with van der Waals surface area (Å²) in [5.41, 5.74) is 5.50. The number of nitrogens with two attached hydrogens (primary N) is 1. The first-order valence-electron chi connectivity index (χ1n) is 13.9. The highest BCUT2D eigenvalue weighted by Gasteiger charge is 2.37. The van der Waals surface area contributed by atoms with E-state index in [9.17, 15) is 23.4 Å². The summed E-state index contributed by atoms with van der Waals surface area (Å²) in [6.07, 6.45) is 2.91. The fourth-order valence-corrected chi connectivity index (χ4v) is 6.33. The van der Waals surface area contributed by atoms with Crippen LogP contribution in [0.15, 0.2) is 29.3 Å². The molecule has 0 aliphatic heterocycles. The Morgan fingerprint density at radius 3 is 2.33 bits per heavy atom. The Kier molecular flexibility index (Phi) is 9.53. The van der Waals surface area contributed by atoms with E-state index in [1.54, 1.807) is 0 Å². The van der Waals surface area contributed by atoms with Gasteiger partial charge in [0.25, 0.3) is 15.9 Å². The molecule has 3 rings (SSSR count). The van der Waals surface area contributed by atoms with Crippen LogP contribution >= 0.6 is 0 Å². The lowest BCUT2D eigenvalue weighted by molar-refractivity contribution is -0.0181. The number of carbonyl (C=O) groups excluding carboxylic acids is 1. The fraction of sp³-hybridized carbons (Fsp3) is 0.621. The fourth-order valence-electron chi connectivity index (χ4n) is 5.38. The third-order valence-corrected chi connectivity index (χ3v) is 9.08. The van der Waals surface area contributed by atoms with Gasteiger partial charge in [0.2, 0.25) is 0 Å². The van der Waals surface area contributed by atoms with Crippen LogP contribution in [-0.2, 0) is 15.4 Å². The van der Waals surface area contributed by atoms with Gasteiger partial charge < -0.3 is 20.8 Å². The summed E-state index contributed by atoms with van der Waals surface area (Å²) in [6, 6.07) is 5.62. The number of nitrogens with zero attached hydrogens (tertiary/aromatic N) is 3. The minimum absolute atomic E-state index is 0.000401. The van der Waals surface area contributed by atoms with E-state index in [1.165, 1.54) is 24.3 Å². The Morgan fingerprint density at radius 1 is 1.15 bits per heavy atom. The van der Waals surface area contributed by atoms with Crippen molar-refractivity contribution in [3.8, 4) is 0 Å². The molecule has 10 nitrogen and oxygen atoms in total. The number of aliphatic hydroxyl groups excluding tert-OH is 2. The Labute approximate surface area is 238 Å². The maximum absolute atomic E-state index is 13.7. The van der Waals surface area contributed by atoms with Crippen molar-refractivity contribution in [1.82, 2.24) is 14.7 Å². The second kappa shape index (κ2) is 12.0. The monoisotopic (exact) mass is 575 g/mol. The number of aliphatic hydroxyl groups is 2. The zero-order chi connectivity index (χ0) is 30.0. The quantitative estimate of drug-likeness (QED) is 0.327. The predicted molar refractivity (Wildman–Crippen MR) is 157 cm³/mol. The number of hydrogen-bond donors (Lipinski definition) is 4. The maximum atomic E-state index is 13.7. The summed E-state index contributed by atoms with van der Waals surface area (Å²) in [7, 11) is -2.55. The molecule has 0 aromatic carbocycles. The highest BCUT2D eigenvalue weighted by Crippen LogP contribution is 2.39. The van der Waals surface area contributed by atoms with Crippen molar-refractivity contribution in [1.29, 1.82) is 0 Å². The van der Waals surface area contributed by atoms with E-state index in [0.29, 0.717) is 11.3 Å². The lowest BCUT2D eigenvalue weighted by Gasteiger charge is -2.39. The number of sulfonamides is 1. The van der Waals surface area contributed by atoms with Gasteiger partial charge in [-0.3, -0.25) is 4.79 Å². The molecule has 0 saturated heterocycles. The second-order valence-electron chi connectivity index (χ2n) is 12.5. The van der Waals surface area contributed by atoms with Gasteiger partial charge in [-0.2, -0.15) is 8.42 Å². The largest absolute Gasteiger partial charge is 0.390 e. The first kappa shape index (κ1) is 31.8. The van der Waals surface area contributed by atoms with Crippen LogP contribution in [0.2, 0.25) is 0 Å². The summed E-state index contributed by atoms with van der Waals surface area (Å²) in [6.45, 7) is 12.0. The smallest absolute Gasteiger partial charge is 0.281 e. The maximum Gasteiger partial charge on any atom is 0.281 e. The molecule has 2 unspecified atom stereocenters. The molecule has 0 spiro atoms. The van der Waals surface area contributed by atoms with Gasteiger partial charge in [-0.15, -0.1) is 0 Å². The SMILES string of the molecule is CCCC(C)(C)N(C)c1nc(C(C)(C)C)c(C(O)C(O)C2CCCC2)cc1C(=O)NS(=O)(=O)c1cccc(N)n1. The summed E-state index contributed by atoms with van der Waals surface area (Å²) >= 11 is 0. The highest BCUT2D eigenvalue weighted by atomic mass is 32.2. The van der Waals surface area contributed by atoms with Crippen LogP contribution < -0.4 is 15.4 Å². The standard InChI is InChI=1S/C29H45N5O5S/c1-8-16-29(5,6)34(7)26-20(27(37)33-40(38,39)22-15-11-14-21(30)31-22)17-19(25(32-26)28(2,3)4)24(36)23(35)18-12-9-10-13-18/h11,14-15,17-18,23-24,35-36H,8-10,12-13,16H2,1-7H3,(H2,30,31)(H,33,37). The molecule has 5 N–H and O–H groups in total. The van der Waals surface area contributed by atoms with Crippen LogP contribution in [-0.4, -0.2) is 53.2 Å². The molecule has 11 heteroatoms. The molecule has 1 amide bonds. The molecule has 0 radical (unpaired) electrons. The molecule has 1 saturated carbocycles. The normalized spacial score (nSPS) is 16.5. The van der Waals surface area contributed by atoms with E-state index in [4.69, 9.17) is 10.7 Å². The summed E-state index contributed by atoms with van der Waals surface area (Å²) in [5.74, 6) is -0.710. The zero-order valence-corrected chi connectivity index (χ0v) is 25.5. The van der Waals surface area contributed by atoms with Crippen molar-refractivity contribution in [2.45, 2.75) is 108 Å². The third kappa shape index (κ3) is 6.92. The van der Waals surface area contributed by atoms with Gasteiger partial charge in [0, 0.05) is 23.6 Å². The van der Waals surface area contributed by atoms with Gasteiger partial charge >= 0.3 is 0 Å². The summed E-state index contributed by atoms with van der Waals surface area (Å²) in [5, 5.41) is 22.2. The predicted octanol–water partition coefficient (Wildman–Crippen LogP) is 4.07. The molecule has 2 heterocycles. The van der Waals surface area contributed by atoms with Crippen molar-refractivity contribution in [3.05, 3.63) is 41.1 Å².